The number of methoxy groups -OCH3 is 1. The van der Waals surface area contributed by atoms with E-state index >= 15 is 0 Å². The summed E-state index contributed by atoms with van der Waals surface area (Å²) in [7, 11) is 1.64. The van der Waals surface area contributed by atoms with Gasteiger partial charge in [0.05, 0.1) is 13.2 Å². The predicted octanol–water partition coefficient (Wildman–Crippen LogP) is 3.28. The highest BCUT2D eigenvalue weighted by molar-refractivity contribution is 5.30. The maximum atomic E-state index is 10.2. The van der Waals surface area contributed by atoms with Crippen molar-refractivity contribution in [3.8, 4) is 5.75 Å². The van der Waals surface area contributed by atoms with Gasteiger partial charge < -0.3 is 9.84 Å². The van der Waals surface area contributed by atoms with Crippen LogP contribution in [0.4, 0.5) is 0 Å². The number of hydrogen-bond acceptors (Lipinski definition) is 2. The van der Waals surface area contributed by atoms with Gasteiger partial charge in [0.2, 0.25) is 0 Å². The van der Waals surface area contributed by atoms with Crippen LogP contribution in [0.15, 0.2) is 48.5 Å². The van der Waals surface area contributed by atoms with Crippen LogP contribution in [-0.2, 0) is 6.42 Å². The third kappa shape index (κ3) is 3.11. The van der Waals surface area contributed by atoms with Crippen molar-refractivity contribution in [1.29, 1.82) is 0 Å². The Bertz CT molecular complexity index is 486. The summed E-state index contributed by atoms with van der Waals surface area (Å²) < 4.78 is 5.10. The summed E-state index contributed by atoms with van der Waals surface area (Å²) in [5.74, 6) is 0.807. The van der Waals surface area contributed by atoms with Gasteiger partial charge in [-0.2, -0.15) is 0 Å². The van der Waals surface area contributed by atoms with Gasteiger partial charge in [0.1, 0.15) is 5.75 Å². The summed E-state index contributed by atoms with van der Waals surface area (Å²) in [5, 5.41) is 10.2. The van der Waals surface area contributed by atoms with Crippen molar-refractivity contribution in [2.75, 3.05) is 7.11 Å². The summed E-state index contributed by atoms with van der Waals surface area (Å²) >= 11 is 0. The minimum atomic E-state index is -0.474. The van der Waals surface area contributed by atoms with Crippen LogP contribution in [0.3, 0.4) is 0 Å². The van der Waals surface area contributed by atoms with Crippen LogP contribution in [-0.4, -0.2) is 12.2 Å². The maximum Gasteiger partial charge on any atom is 0.118 e. The lowest BCUT2D eigenvalue weighted by molar-refractivity contribution is 0.178. The Kier molecular flexibility index (Phi) is 4.00. The monoisotopic (exact) mass is 242 g/mol. The molecule has 2 aromatic carbocycles. The second-order valence-electron chi connectivity index (χ2n) is 4.48. The Balaban J connectivity index is 2.06. The van der Waals surface area contributed by atoms with E-state index < -0.39 is 6.10 Å². The van der Waals surface area contributed by atoms with Crippen molar-refractivity contribution < 1.29 is 9.84 Å². The molecule has 1 unspecified atom stereocenters. The first-order chi connectivity index (χ1) is 8.69. The lowest BCUT2D eigenvalue weighted by Gasteiger charge is -2.12. The number of aliphatic hydroxyl groups excluding tert-OH is 1. The molecule has 94 valence electrons. The Morgan fingerprint density at radius 1 is 1.00 bits per heavy atom. The topological polar surface area (TPSA) is 29.5 Å². The quantitative estimate of drug-likeness (QED) is 0.891. The van der Waals surface area contributed by atoms with Crippen molar-refractivity contribution in [2.45, 2.75) is 19.4 Å². The van der Waals surface area contributed by atoms with E-state index in [0.29, 0.717) is 6.42 Å². The van der Waals surface area contributed by atoms with E-state index in [1.54, 1.807) is 7.11 Å². The number of ether oxygens (including phenoxy) is 1. The summed E-state index contributed by atoms with van der Waals surface area (Å²) in [6.45, 7) is 2.06. The van der Waals surface area contributed by atoms with Crippen molar-refractivity contribution >= 4 is 0 Å². The second-order valence-corrected chi connectivity index (χ2v) is 4.48. The minimum Gasteiger partial charge on any atom is -0.497 e. The maximum absolute atomic E-state index is 10.2. The van der Waals surface area contributed by atoms with Gasteiger partial charge in [0, 0.05) is 6.42 Å². The van der Waals surface area contributed by atoms with E-state index in [-0.39, 0.29) is 0 Å². The van der Waals surface area contributed by atoms with Gasteiger partial charge in [-0.05, 0) is 30.2 Å². The fourth-order valence-corrected chi connectivity index (χ4v) is 1.89. The normalized spacial score (nSPS) is 12.2. The van der Waals surface area contributed by atoms with E-state index in [0.717, 1.165) is 16.9 Å². The third-order valence-corrected chi connectivity index (χ3v) is 3.05. The van der Waals surface area contributed by atoms with Crippen LogP contribution in [0.5, 0.6) is 5.75 Å². The fraction of sp³-hybridized carbons (Fsp3) is 0.250. The van der Waals surface area contributed by atoms with Gasteiger partial charge in [0.25, 0.3) is 0 Å². The molecule has 0 radical (unpaired) electrons. The summed E-state index contributed by atoms with van der Waals surface area (Å²) in [6.07, 6.45) is 0.158. The van der Waals surface area contributed by atoms with Crippen molar-refractivity contribution in [2.24, 2.45) is 0 Å². The Morgan fingerprint density at radius 3 is 2.17 bits per heavy atom. The van der Waals surface area contributed by atoms with Crippen molar-refractivity contribution in [1.82, 2.24) is 0 Å². The van der Waals surface area contributed by atoms with Gasteiger partial charge in [-0.15, -0.1) is 0 Å². The molecule has 2 aromatic rings. The molecule has 0 heterocycles. The standard InChI is InChI=1S/C16H18O2/c1-12-3-5-13(6-4-12)11-16(17)14-7-9-15(18-2)10-8-14/h3-10,16-17H,11H2,1-2H3. The number of benzene rings is 2. The Hall–Kier alpha value is -1.80. The molecule has 0 aliphatic carbocycles. The molecule has 1 N–H and O–H groups in total. The van der Waals surface area contributed by atoms with E-state index in [2.05, 4.69) is 31.2 Å². The largest absolute Gasteiger partial charge is 0.497 e. The number of hydrogen-bond donors (Lipinski definition) is 1. The third-order valence-electron chi connectivity index (χ3n) is 3.05. The van der Waals surface area contributed by atoms with Crippen molar-refractivity contribution in [3.05, 3.63) is 65.2 Å². The first-order valence-electron chi connectivity index (χ1n) is 6.06. The summed E-state index contributed by atoms with van der Waals surface area (Å²) in [6, 6.07) is 15.8. The SMILES string of the molecule is COc1ccc(C(O)Cc2ccc(C)cc2)cc1. The lowest BCUT2D eigenvalue weighted by atomic mass is 10.0. The highest BCUT2D eigenvalue weighted by Gasteiger charge is 2.08. The minimum absolute atomic E-state index is 0.474. The van der Waals surface area contributed by atoms with E-state index in [4.69, 9.17) is 4.74 Å². The fourth-order valence-electron chi connectivity index (χ4n) is 1.89. The molecular formula is C16H18O2. The van der Waals surface area contributed by atoms with Crippen LogP contribution < -0.4 is 4.74 Å². The lowest BCUT2D eigenvalue weighted by Crippen LogP contribution is -2.01. The van der Waals surface area contributed by atoms with Gasteiger partial charge in [-0.25, -0.2) is 0 Å². The van der Waals surface area contributed by atoms with Crippen LogP contribution in [0, 0.1) is 6.92 Å². The molecule has 2 heteroatoms. The zero-order valence-electron chi connectivity index (χ0n) is 10.8. The number of aliphatic hydroxyl groups is 1. The molecule has 18 heavy (non-hydrogen) atoms. The molecule has 0 aliphatic heterocycles. The first-order valence-corrected chi connectivity index (χ1v) is 6.06. The van der Waals surface area contributed by atoms with Crippen LogP contribution in [0.25, 0.3) is 0 Å². The Labute approximate surface area is 108 Å². The second kappa shape index (κ2) is 5.69. The molecule has 0 fully saturated rings. The number of aryl methyl sites for hydroxylation is 1. The molecule has 0 aromatic heterocycles. The molecule has 0 saturated heterocycles. The molecule has 0 aliphatic rings. The zero-order chi connectivity index (χ0) is 13.0. The van der Waals surface area contributed by atoms with Crippen LogP contribution in [0.2, 0.25) is 0 Å². The molecule has 0 bridgehead atoms. The zero-order valence-corrected chi connectivity index (χ0v) is 10.8. The van der Waals surface area contributed by atoms with Crippen LogP contribution in [0.1, 0.15) is 22.8 Å². The molecule has 2 nitrogen and oxygen atoms in total. The molecule has 0 spiro atoms. The van der Waals surface area contributed by atoms with E-state index in [9.17, 15) is 5.11 Å². The average molecular weight is 242 g/mol. The van der Waals surface area contributed by atoms with Gasteiger partial charge >= 0.3 is 0 Å². The van der Waals surface area contributed by atoms with E-state index in [1.165, 1.54) is 5.56 Å². The van der Waals surface area contributed by atoms with Crippen LogP contribution >= 0.6 is 0 Å². The van der Waals surface area contributed by atoms with E-state index in [1.807, 2.05) is 24.3 Å². The number of rotatable bonds is 4. The molecule has 0 saturated carbocycles. The molecular weight excluding hydrogens is 224 g/mol. The summed E-state index contributed by atoms with van der Waals surface area (Å²) in [4.78, 5) is 0. The Morgan fingerprint density at radius 2 is 1.61 bits per heavy atom. The van der Waals surface area contributed by atoms with Gasteiger partial charge in [-0.3, -0.25) is 0 Å². The van der Waals surface area contributed by atoms with Gasteiger partial charge in [0.15, 0.2) is 0 Å². The predicted molar refractivity (Wildman–Crippen MR) is 72.8 cm³/mol. The van der Waals surface area contributed by atoms with Gasteiger partial charge in [-0.1, -0.05) is 42.0 Å². The highest BCUT2D eigenvalue weighted by atomic mass is 16.5. The molecule has 1 atom stereocenters. The smallest absolute Gasteiger partial charge is 0.118 e. The summed E-state index contributed by atoms with van der Waals surface area (Å²) in [5.41, 5.74) is 3.29. The highest BCUT2D eigenvalue weighted by Crippen LogP contribution is 2.21. The molecule has 0 amide bonds. The first kappa shape index (κ1) is 12.7. The molecule has 2 rings (SSSR count). The average Bonchev–Trinajstić information content (AvgIpc) is 2.41. The van der Waals surface area contributed by atoms with Crippen molar-refractivity contribution in [3.63, 3.8) is 0 Å².